The number of rotatable bonds is 5. The minimum atomic E-state index is -1.23. The number of nitrogens with one attached hydrogen (secondary N) is 1. The van der Waals surface area contributed by atoms with Gasteiger partial charge in [-0.2, -0.15) is 0 Å². The zero-order valence-electron chi connectivity index (χ0n) is 22.9. The fourth-order valence-electron chi connectivity index (χ4n) is 5.53. The van der Waals surface area contributed by atoms with Crippen molar-refractivity contribution in [3.63, 3.8) is 0 Å². The fraction of sp³-hybridized carbons (Fsp3) is 0.481. The Labute approximate surface area is 242 Å². The Balaban J connectivity index is 1.37. The fourth-order valence-corrected chi connectivity index (χ4v) is 7.55. The van der Waals surface area contributed by atoms with E-state index in [-0.39, 0.29) is 16.0 Å². The molecule has 1 spiro atoms. The van der Waals surface area contributed by atoms with Gasteiger partial charge in [0.25, 0.3) is 0 Å². The van der Waals surface area contributed by atoms with Gasteiger partial charge >= 0.3 is 0 Å². The van der Waals surface area contributed by atoms with Crippen molar-refractivity contribution in [1.29, 1.82) is 0 Å². The van der Waals surface area contributed by atoms with Gasteiger partial charge in [-0.25, -0.2) is 15.0 Å². The minimum Gasteiger partial charge on any atom is -0.598 e. The quantitative estimate of drug-likeness (QED) is 0.361. The summed E-state index contributed by atoms with van der Waals surface area (Å²) in [5, 5.41) is 0.939. The molecule has 5 N–H and O–H groups in total. The number of halogens is 1. The van der Waals surface area contributed by atoms with E-state index >= 15 is 0 Å². The zero-order valence-corrected chi connectivity index (χ0v) is 25.3. The van der Waals surface area contributed by atoms with Crippen LogP contribution >= 0.6 is 23.4 Å². The Morgan fingerprint density at radius 2 is 1.85 bits per heavy atom. The molecule has 0 radical (unpaired) electrons. The van der Waals surface area contributed by atoms with Gasteiger partial charge in [-0.05, 0) is 71.1 Å². The standard InChI is InChI=1S/C27H35ClN8OS2/c1-16-12-17-18(32-14-16)13-27(26(17,5)35-39(37)25(2,3)4)7-10-36(11-8-27)20-15-33-24(23(30)34-20)38-19-6-9-31-22(29)21(19)28/h6,9,12,14-15,35H,7-8,10-11,13H2,1-5H3,(H2,29,31)(H2,30,34)/t26?,39-/m1/s1. The van der Waals surface area contributed by atoms with Crippen molar-refractivity contribution in [1.82, 2.24) is 24.7 Å². The molecule has 1 fully saturated rings. The topological polar surface area (TPSA) is 142 Å². The summed E-state index contributed by atoms with van der Waals surface area (Å²) in [7, 11) is 0. The van der Waals surface area contributed by atoms with E-state index in [1.54, 1.807) is 18.5 Å². The number of hydrogen-bond donors (Lipinski definition) is 3. The number of pyridine rings is 2. The van der Waals surface area contributed by atoms with E-state index in [1.165, 1.54) is 11.8 Å². The number of piperidine rings is 1. The smallest absolute Gasteiger partial charge is 0.158 e. The normalized spacial score (nSPS) is 21.3. The summed E-state index contributed by atoms with van der Waals surface area (Å²) < 4.78 is 16.6. The van der Waals surface area contributed by atoms with Gasteiger partial charge in [-0.3, -0.25) is 4.98 Å². The number of nitrogens with zero attached hydrogens (tertiary/aromatic N) is 5. The van der Waals surface area contributed by atoms with Crippen LogP contribution in [0.4, 0.5) is 17.5 Å². The number of aryl methyl sites for hydroxylation is 1. The maximum atomic E-state index is 13.4. The molecule has 1 aliphatic carbocycles. The number of fused-ring (bicyclic) bond motifs is 1. The minimum absolute atomic E-state index is 0.125. The molecule has 39 heavy (non-hydrogen) atoms. The average molecular weight is 587 g/mol. The summed E-state index contributed by atoms with van der Waals surface area (Å²) in [6, 6.07) is 3.98. The Bertz CT molecular complexity index is 1390. The number of nitrogens with two attached hydrogens (primary N) is 2. The molecule has 1 aliphatic heterocycles. The molecule has 1 saturated heterocycles. The number of anilines is 3. The van der Waals surface area contributed by atoms with Crippen LogP contribution < -0.4 is 21.1 Å². The van der Waals surface area contributed by atoms with Crippen LogP contribution in [-0.4, -0.2) is 42.3 Å². The molecule has 2 aliphatic rings. The molecular weight excluding hydrogens is 552 g/mol. The highest BCUT2D eigenvalue weighted by atomic mass is 35.5. The SMILES string of the molecule is Cc1cnc2c(c1)C(C)(N[S@+]([O-])C(C)(C)C)C1(CCN(c3cnc(Sc4ccnc(N)c4Cl)c(N)n3)CC1)C2. The van der Waals surface area contributed by atoms with Crippen LogP contribution in [-0.2, 0) is 23.3 Å². The third kappa shape index (κ3) is 5.15. The van der Waals surface area contributed by atoms with E-state index in [1.807, 2.05) is 27.0 Å². The van der Waals surface area contributed by atoms with E-state index in [0.29, 0.717) is 15.9 Å². The van der Waals surface area contributed by atoms with Gasteiger partial charge in [0.15, 0.2) is 5.82 Å². The predicted octanol–water partition coefficient (Wildman–Crippen LogP) is 4.65. The van der Waals surface area contributed by atoms with Crippen molar-refractivity contribution in [3.05, 3.63) is 52.6 Å². The number of hydrogen-bond acceptors (Lipinski definition) is 10. The molecule has 0 amide bonds. The first-order chi connectivity index (χ1) is 18.3. The van der Waals surface area contributed by atoms with Crippen molar-refractivity contribution in [2.75, 3.05) is 29.5 Å². The molecule has 208 valence electrons. The van der Waals surface area contributed by atoms with Crippen molar-refractivity contribution in [2.45, 2.75) is 74.1 Å². The summed E-state index contributed by atoms with van der Waals surface area (Å²) in [6.45, 7) is 11.8. The second kappa shape index (κ2) is 10.3. The highest BCUT2D eigenvalue weighted by Crippen LogP contribution is 2.56. The largest absolute Gasteiger partial charge is 0.598 e. The summed E-state index contributed by atoms with van der Waals surface area (Å²) in [5.74, 6) is 1.34. The predicted molar refractivity (Wildman–Crippen MR) is 159 cm³/mol. The van der Waals surface area contributed by atoms with Crippen LogP contribution in [0.1, 0.15) is 57.4 Å². The van der Waals surface area contributed by atoms with E-state index < -0.39 is 16.9 Å². The van der Waals surface area contributed by atoms with Gasteiger partial charge in [-0.1, -0.05) is 29.4 Å². The molecule has 3 aromatic heterocycles. The first kappa shape index (κ1) is 28.2. The molecule has 9 nitrogen and oxygen atoms in total. The zero-order chi connectivity index (χ0) is 28.2. The van der Waals surface area contributed by atoms with Gasteiger partial charge < -0.3 is 20.9 Å². The van der Waals surface area contributed by atoms with Crippen LogP contribution in [0.5, 0.6) is 0 Å². The molecule has 0 bridgehead atoms. The molecule has 5 rings (SSSR count). The Hall–Kier alpha value is -2.31. The van der Waals surface area contributed by atoms with Gasteiger partial charge in [0.05, 0.1) is 16.8 Å². The van der Waals surface area contributed by atoms with E-state index in [2.05, 4.69) is 44.5 Å². The van der Waals surface area contributed by atoms with Crippen LogP contribution in [0.15, 0.2) is 40.6 Å². The van der Waals surface area contributed by atoms with Crippen molar-refractivity contribution in [2.24, 2.45) is 5.41 Å². The highest BCUT2D eigenvalue weighted by Gasteiger charge is 2.59. The number of aromatic nitrogens is 4. The second-order valence-corrected chi connectivity index (χ2v) is 15.0. The summed E-state index contributed by atoms with van der Waals surface area (Å²) >= 11 is 6.38. The van der Waals surface area contributed by atoms with Crippen molar-refractivity contribution in [3.8, 4) is 0 Å². The molecule has 3 aromatic rings. The lowest BCUT2D eigenvalue weighted by Crippen LogP contribution is -2.59. The molecule has 0 aromatic carbocycles. The van der Waals surface area contributed by atoms with E-state index in [9.17, 15) is 4.55 Å². The highest BCUT2D eigenvalue weighted by molar-refractivity contribution is 7.99. The first-order valence-corrected chi connectivity index (χ1v) is 15.3. The molecule has 4 heterocycles. The maximum Gasteiger partial charge on any atom is 0.158 e. The first-order valence-electron chi connectivity index (χ1n) is 12.9. The van der Waals surface area contributed by atoms with Gasteiger partial charge in [0.1, 0.15) is 21.4 Å². The van der Waals surface area contributed by atoms with Crippen molar-refractivity contribution < 1.29 is 4.55 Å². The molecule has 2 atom stereocenters. The van der Waals surface area contributed by atoms with Crippen LogP contribution in [0.25, 0.3) is 0 Å². The second-order valence-electron chi connectivity index (χ2n) is 11.6. The lowest BCUT2D eigenvalue weighted by molar-refractivity contribution is 0.0995. The summed E-state index contributed by atoms with van der Waals surface area (Å²) in [6.07, 6.45) is 7.91. The lowest BCUT2D eigenvalue weighted by atomic mass is 9.65. The van der Waals surface area contributed by atoms with Gasteiger partial charge in [0.2, 0.25) is 0 Å². The van der Waals surface area contributed by atoms with Gasteiger partial charge in [-0.15, -0.1) is 4.72 Å². The van der Waals surface area contributed by atoms with E-state index in [0.717, 1.165) is 59.9 Å². The van der Waals surface area contributed by atoms with Crippen molar-refractivity contribution >= 4 is 52.2 Å². The summed E-state index contributed by atoms with van der Waals surface area (Å²) in [4.78, 5) is 21.0. The maximum absolute atomic E-state index is 13.4. The molecular formula is C27H35ClN8OS2. The Kier molecular flexibility index (Phi) is 7.43. The van der Waals surface area contributed by atoms with E-state index in [4.69, 9.17) is 28.1 Å². The molecule has 0 saturated carbocycles. The summed E-state index contributed by atoms with van der Waals surface area (Å²) in [5.41, 5.74) is 14.9. The van der Waals surface area contributed by atoms with Crippen LogP contribution in [0.2, 0.25) is 5.02 Å². The average Bonchev–Trinajstić information content (AvgIpc) is 3.10. The Morgan fingerprint density at radius 1 is 1.13 bits per heavy atom. The van der Waals surface area contributed by atoms with Gasteiger partial charge in [0, 0.05) is 52.8 Å². The molecule has 1 unspecified atom stereocenters. The molecule has 12 heteroatoms. The van der Waals surface area contributed by atoms with Crippen LogP contribution in [0.3, 0.4) is 0 Å². The lowest BCUT2D eigenvalue weighted by Gasteiger charge is -2.49. The Morgan fingerprint density at radius 3 is 2.51 bits per heavy atom. The monoisotopic (exact) mass is 586 g/mol. The number of nitrogen functional groups attached to an aromatic ring is 2. The third-order valence-corrected chi connectivity index (χ3v) is 11.2. The van der Waals surface area contributed by atoms with Crippen LogP contribution in [0, 0.1) is 12.3 Å². The third-order valence-electron chi connectivity index (χ3n) is 7.95.